The van der Waals surface area contributed by atoms with Crippen molar-refractivity contribution >= 4 is 22.5 Å². The highest BCUT2D eigenvalue weighted by molar-refractivity contribution is 5.94. The zero-order valence-corrected chi connectivity index (χ0v) is 15.9. The lowest BCUT2D eigenvalue weighted by Crippen LogP contribution is -2.57. The second-order valence-corrected chi connectivity index (χ2v) is 7.50. The summed E-state index contributed by atoms with van der Waals surface area (Å²) in [6.45, 7) is 2.45. The topological polar surface area (TPSA) is 71.2 Å². The van der Waals surface area contributed by atoms with Crippen LogP contribution in [0.3, 0.4) is 0 Å². The fraction of sp³-hybridized carbons (Fsp3) is 0.474. The number of hydrogen-bond acceptors (Lipinski definition) is 4. The van der Waals surface area contributed by atoms with Crippen LogP contribution in [0.25, 0.3) is 10.9 Å². The third-order valence-corrected chi connectivity index (χ3v) is 5.03. The van der Waals surface area contributed by atoms with E-state index in [4.69, 9.17) is 5.73 Å². The van der Waals surface area contributed by atoms with Crippen molar-refractivity contribution in [3.05, 3.63) is 36.0 Å². The number of fused-ring (bicyclic) bond motifs is 1. The number of nitrogens with two attached hydrogens (primary N) is 1. The van der Waals surface area contributed by atoms with Crippen molar-refractivity contribution in [2.75, 3.05) is 18.0 Å². The standard InChI is InChI=1S/C19H20F6N4O/c1-10-7-11(28-17(30)16(26)19(23,24)25)9-29(8-10)14-5-4-13(18(20,21)22)15-12(14)3-2-6-27-15/h2-6,10-11,16H,7-9,26H2,1H3,(H,28,30). The van der Waals surface area contributed by atoms with Crippen LogP contribution >= 0.6 is 0 Å². The largest absolute Gasteiger partial charge is 0.418 e. The van der Waals surface area contributed by atoms with Gasteiger partial charge in [-0.2, -0.15) is 26.3 Å². The van der Waals surface area contributed by atoms with Crippen LogP contribution in [0.1, 0.15) is 18.9 Å². The van der Waals surface area contributed by atoms with Crippen LogP contribution < -0.4 is 16.0 Å². The number of anilines is 1. The molecule has 1 fully saturated rings. The Morgan fingerprint density at radius 1 is 1.20 bits per heavy atom. The van der Waals surface area contributed by atoms with Gasteiger partial charge < -0.3 is 16.0 Å². The minimum Gasteiger partial charge on any atom is -0.369 e. The molecule has 1 saturated heterocycles. The zero-order valence-electron chi connectivity index (χ0n) is 15.9. The summed E-state index contributed by atoms with van der Waals surface area (Å²) in [6.07, 6.45) is -7.75. The molecular formula is C19H20F6N4O. The summed E-state index contributed by atoms with van der Waals surface area (Å²) in [6, 6.07) is 2.02. The van der Waals surface area contributed by atoms with Crippen molar-refractivity contribution in [2.24, 2.45) is 11.7 Å². The van der Waals surface area contributed by atoms with Gasteiger partial charge in [-0.05, 0) is 36.6 Å². The third-order valence-electron chi connectivity index (χ3n) is 5.03. The van der Waals surface area contributed by atoms with E-state index in [9.17, 15) is 31.1 Å². The molecule has 1 aromatic carbocycles. The summed E-state index contributed by atoms with van der Waals surface area (Å²) in [4.78, 5) is 17.5. The minimum atomic E-state index is -4.86. The Labute approximate surface area is 168 Å². The molecule has 3 rings (SSSR count). The van der Waals surface area contributed by atoms with Crippen molar-refractivity contribution in [3.63, 3.8) is 0 Å². The van der Waals surface area contributed by atoms with Crippen molar-refractivity contribution in [3.8, 4) is 0 Å². The van der Waals surface area contributed by atoms with Crippen molar-refractivity contribution in [1.82, 2.24) is 10.3 Å². The number of nitrogens with zero attached hydrogens (tertiary/aromatic N) is 2. The lowest BCUT2D eigenvalue weighted by atomic mass is 9.94. The third kappa shape index (κ3) is 4.61. The SMILES string of the molecule is CC1CC(NC(=O)C(N)C(F)(F)F)CN(c2ccc(C(F)(F)F)c3ncccc23)C1. The number of carbonyl (C=O) groups excluding carboxylic acids is 1. The van der Waals surface area contributed by atoms with Crippen LogP contribution in [-0.2, 0) is 11.0 Å². The number of benzene rings is 1. The molecule has 1 amide bonds. The molecule has 0 bridgehead atoms. The number of hydrogen-bond donors (Lipinski definition) is 2. The van der Waals surface area contributed by atoms with E-state index in [1.54, 1.807) is 4.90 Å². The molecule has 1 aromatic heterocycles. The van der Waals surface area contributed by atoms with Crippen molar-refractivity contribution in [1.29, 1.82) is 0 Å². The lowest BCUT2D eigenvalue weighted by molar-refractivity contribution is -0.163. The van der Waals surface area contributed by atoms with Crippen LogP contribution in [0.5, 0.6) is 0 Å². The minimum absolute atomic E-state index is 0.0276. The highest BCUT2D eigenvalue weighted by Gasteiger charge is 2.43. The molecule has 3 atom stereocenters. The second kappa shape index (κ2) is 7.93. The Balaban J connectivity index is 1.89. The first-order valence-electron chi connectivity index (χ1n) is 9.20. The summed E-state index contributed by atoms with van der Waals surface area (Å²) in [5, 5.41) is 2.59. The van der Waals surface area contributed by atoms with Crippen LogP contribution in [0.4, 0.5) is 32.0 Å². The molecule has 0 spiro atoms. The van der Waals surface area contributed by atoms with Gasteiger partial charge in [-0.15, -0.1) is 0 Å². The van der Waals surface area contributed by atoms with Gasteiger partial charge in [-0.25, -0.2) is 0 Å². The monoisotopic (exact) mass is 434 g/mol. The summed E-state index contributed by atoms with van der Waals surface area (Å²) in [7, 11) is 0. The summed E-state index contributed by atoms with van der Waals surface area (Å²) in [5.74, 6) is -1.36. The molecular weight excluding hydrogens is 414 g/mol. The lowest BCUT2D eigenvalue weighted by Gasteiger charge is -2.39. The van der Waals surface area contributed by atoms with Crippen molar-refractivity contribution in [2.45, 2.75) is 37.8 Å². The molecule has 3 unspecified atom stereocenters. The van der Waals surface area contributed by atoms with Gasteiger partial charge in [0.1, 0.15) is 0 Å². The highest BCUT2D eigenvalue weighted by Crippen LogP contribution is 2.38. The number of rotatable bonds is 3. The van der Waals surface area contributed by atoms with Crippen molar-refractivity contribution < 1.29 is 31.1 Å². The normalized spacial score (nSPS) is 21.5. The number of pyridine rings is 1. The Morgan fingerprint density at radius 2 is 1.90 bits per heavy atom. The Bertz CT molecular complexity index is 929. The van der Waals surface area contributed by atoms with E-state index >= 15 is 0 Å². The van der Waals surface area contributed by atoms with Crippen LogP contribution in [0, 0.1) is 5.92 Å². The maximum atomic E-state index is 13.3. The molecule has 3 N–H and O–H groups in total. The van der Waals surface area contributed by atoms with E-state index in [1.165, 1.54) is 24.4 Å². The molecule has 1 aliphatic rings. The van der Waals surface area contributed by atoms with Gasteiger partial charge in [0.15, 0.2) is 6.04 Å². The maximum absolute atomic E-state index is 13.3. The van der Waals surface area contributed by atoms with Crippen LogP contribution in [0.15, 0.2) is 30.5 Å². The molecule has 164 valence electrons. The van der Waals surface area contributed by atoms with E-state index in [0.717, 1.165) is 6.07 Å². The first-order chi connectivity index (χ1) is 13.9. The van der Waals surface area contributed by atoms with E-state index in [2.05, 4.69) is 10.3 Å². The predicted octanol–water partition coefficient (Wildman–Crippen LogP) is 3.47. The van der Waals surface area contributed by atoms with Crippen LogP contribution in [0.2, 0.25) is 0 Å². The molecule has 1 aliphatic heterocycles. The number of piperidine rings is 1. The molecule has 5 nitrogen and oxygen atoms in total. The number of halogens is 6. The highest BCUT2D eigenvalue weighted by atomic mass is 19.4. The fourth-order valence-corrected chi connectivity index (χ4v) is 3.75. The Morgan fingerprint density at radius 3 is 2.53 bits per heavy atom. The van der Waals surface area contributed by atoms with Gasteiger partial charge in [0.25, 0.3) is 0 Å². The van der Waals surface area contributed by atoms with Gasteiger partial charge >= 0.3 is 12.4 Å². The molecule has 0 radical (unpaired) electrons. The van der Waals surface area contributed by atoms with Gasteiger partial charge in [-0.3, -0.25) is 9.78 Å². The summed E-state index contributed by atoms with van der Waals surface area (Å²) in [5.41, 5.74) is 4.35. The molecule has 11 heteroatoms. The van der Waals surface area contributed by atoms with Crippen LogP contribution in [-0.4, -0.2) is 42.2 Å². The smallest absolute Gasteiger partial charge is 0.369 e. The zero-order chi connectivity index (χ0) is 22.3. The number of carbonyl (C=O) groups is 1. The molecule has 2 heterocycles. The van der Waals surface area contributed by atoms with E-state index in [0.29, 0.717) is 18.7 Å². The fourth-order valence-electron chi connectivity index (χ4n) is 3.75. The van der Waals surface area contributed by atoms with E-state index in [1.807, 2.05) is 6.92 Å². The summed E-state index contributed by atoms with van der Waals surface area (Å²) >= 11 is 0. The number of nitrogens with one attached hydrogen (secondary N) is 1. The molecule has 0 aliphatic carbocycles. The predicted molar refractivity (Wildman–Crippen MR) is 98.7 cm³/mol. The number of aromatic nitrogens is 1. The van der Waals surface area contributed by atoms with Gasteiger partial charge in [0.2, 0.25) is 5.91 Å². The van der Waals surface area contributed by atoms with E-state index < -0.39 is 35.9 Å². The number of amides is 1. The van der Waals surface area contributed by atoms with Gasteiger partial charge in [-0.1, -0.05) is 6.92 Å². The first kappa shape index (κ1) is 22.1. The molecule has 2 aromatic rings. The summed E-state index contributed by atoms with van der Waals surface area (Å²) < 4.78 is 78.0. The first-order valence-corrected chi connectivity index (χ1v) is 9.20. The van der Waals surface area contributed by atoms with Gasteiger partial charge in [0, 0.05) is 36.4 Å². The second-order valence-electron chi connectivity index (χ2n) is 7.50. The maximum Gasteiger partial charge on any atom is 0.418 e. The quantitative estimate of drug-likeness (QED) is 0.726. The van der Waals surface area contributed by atoms with E-state index in [-0.39, 0.29) is 23.4 Å². The Hall–Kier alpha value is -2.56. The average Bonchev–Trinajstić information content (AvgIpc) is 2.64. The molecule has 0 saturated carbocycles. The van der Waals surface area contributed by atoms with Gasteiger partial charge in [0.05, 0.1) is 11.1 Å². The molecule has 30 heavy (non-hydrogen) atoms. The average molecular weight is 434 g/mol. The number of alkyl halides is 6. The Kier molecular flexibility index (Phi) is 5.85.